The highest BCUT2D eigenvalue weighted by Gasteiger charge is 2.26. The van der Waals surface area contributed by atoms with Crippen molar-refractivity contribution >= 4 is 22.9 Å². The number of pyridine rings is 1. The third-order valence-corrected chi connectivity index (χ3v) is 4.91. The summed E-state index contributed by atoms with van der Waals surface area (Å²) in [4.78, 5) is 29.4. The van der Waals surface area contributed by atoms with Crippen LogP contribution in [-0.4, -0.2) is 38.4 Å². The Morgan fingerprint density at radius 2 is 2.07 bits per heavy atom. The molecule has 0 aliphatic carbocycles. The van der Waals surface area contributed by atoms with Gasteiger partial charge in [0.15, 0.2) is 11.7 Å². The summed E-state index contributed by atoms with van der Waals surface area (Å²) in [7, 11) is 1.76. The first-order valence-electron chi connectivity index (χ1n) is 8.95. The lowest BCUT2D eigenvalue weighted by Gasteiger charge is -2.16. The Bertz CT molecular complexity index is 1120. The number of benzene rings is 1. The van der Waals surface area contributed by atoms with E-state index in [0.29, 0.717) is 40.2 Å². The summed E-state index contributed by atoms with van der Waals surface area (Å²) >= 11 is 0. The summed E-state index contributed by atoms with van der Waals surface area (Å²) in [6, 6.07) is 5.69. The maximum Gasteiger partial charge on any atom is 0.330 e. The van der Waals surface area contributed by atoms with E-state index in [0.717, 1.165) is 17.7 Å². The van der Waals surface area contributed by atoms with Crippen LogP contribution in [0.1, 0.15) is 38.9 Å². The normalized spacial score (nSPS) is 13.8. The van der Waals surface area contributed by atoms with Crippen LogP contribution in [0.2, 0.25) is 0 Å². The smallest absolute Gasteiger partial charge is 0.330 e. The summed E-state index contributed by atoms with van der Waals surface area (Å²) in [5.74, 6) is -0.843. The molecule has 144 valence electrons. The minimum atomic E-state index is -1.17. The Balaban J connectivity index is 1.72. The predicted molar refractivity (Wildman–Crippen MR) is 101 cm³/mol. The second-order valence-corrected chi connectivity index (χ2v) is 6.93. The van der Waals surface area contributed by atoms with Crippen LogP contribution in [0.15, 0.2) is 24.3 Å². The van der Waals surface area contributed by atoms with E-state index < -0.39 is 17.9 Å². The minimum Gasteiger partial charge on any atom is -0.493 e. The van der Waals surface area contributed by atoms with E-state index in [4.69, 9.17) is 4.74 Å². The van der Waals surface area contributed by atoms with Crippen molar-refractivity contribution in [3.05, 3.63) is 52.3 Å². The van der Waals surface area contributed by atoms with E-state index in [1.54, 1.807) is 49.8 Å². The predicted octanol–water partition coefficient (Wildman–Crippen LogP) is 2.08. The monoisotopic (exact) mass is 380 g/mol. The van der Waals surface area contributed by atoms with Crippen molar-refractivity contribution < 1.29 is 19.4 Å². The van der Waals surface area contributed by atoms with Gasteiger partial charge in [0.2, 0.25) is 0 Å². The molecule has 0 saturated carbocycles. The maximum absolute atomic E-state index is 13.0. The number of aromatic nitrogens is 3. The molecular formula is C20H20N4O4. The van der Waals surface area contributed by atoms with E-state index in [1.165, 1.54) is 0 Å². The molecule has 1 aliphatic rings. The average molecular weight is 380 g/mol. The number of ether oxygens (including phenoxy) is 1. The molecule has 3 aromatic rings. The first-order valence-corrected chi connectivity index (χ1v) is 8.95. The molecule has 0 saturated heterocycles. The van der Waals surface area contributed by atoms with Crippen molar-refractivity contribution in [3.8, 4) is 5.75 Å². The van der Waals surface area contributed by atoms with Crippen LogP contribution < -0.4 is 10.1 Å². The van der Waals surface area contributed by atoms with Gasteiger partial charge in [0.1, 0.15) is 5.75 Å². The Morgan fingerprint density at radius 3 is 2.82 bits per heavy atom. The van der Waals surface area contributed by atoms with Crippen molar-refractivity contribution in [1.82, 2.24) is 20.1 Å². The zero-order chi connectivity index (χ0) is 20.0. The molecule has 1 atom stereocenters. The molecule has 0 fully saturated rings. The fraction of sp³-hybridized carbons (Fsp3) is 0.300. The first-order chi connectivity index (χ1) is 13.3. The summed E-state index contributed by atoms with van der Waals surface area (Å²) in [5, 5.41) is 17.3. The number of rotatable bonds is 4. The van der Waals surface area contributed by atoms with Gasteiger partial charge in [-0.15, -0.1) is 0 Å². The molecule has 8 nitrogen and oxygen atoms in total. The highest BCUT2D eigenvalue weighted by atomic mass is 16.5. The molecule has 3 heterocycles. The Labute approximate surface area is 161 Å². The van der Waals surface area contributed by atoms with Crippen LogP contribution >= 0.6 is 0 Å². The van der Waals surface area contributed by atoms with Crippen molar-refractivity contribution in [3.63, 3.8) is 0 Å². The van der Waals surface area contributed by atoms with Crippen LogP contribution in [0.3, 0.4) is 0 Å². The zero-order valence-electron chi connectivity index (χ0n) is 15.8. The van der Waals surface area contributed by atoms with E-state index >= 15 is 0 Å². The molecule has 2 N–H and O–H groups in total. The Hall–Kier alpha value is -3.42. The van der Waals surface area contributed by atoms with Gasteiger partial charge in [-0.25, -0.2) is 9.78 Å². The number of carbonyl (C=O) groups excluding carboxylic acids is 1. The second kappa shape index (κ2) is 6.63. The number of carboxylic acid groups (broad SMARTS) is 1. The first kappa shape index (κ1) is 18.0. The molecule has 1 aromatic carbocycles. The van der Waals surface area contributed by atoms with E-state index in [9.17, 15) is 14.7 Å². The lowest BCUT2D eigenvalue weighted by Crippen LogP contribution is -2.34. The van der Waals surface area contributed by atoms with Crippen molar-refractivity contribution in [2.45, 2.75) is 26.3 Å². The molecule has 0 radical (unpaired) electrons. The van der Waals surface area contributed by atoms with Gasteiger partial charge in [0.25, 0.3) is 5.91 Å². The molecule has 28 heavy (non-hydrogen) atoms. The number of nitrogens with zero attached hydrogens (tertiary/aromatic N) is 3. The van der Waals surface area contributed by atoms with Gasteiger partial charge in [0.05, 0.1) is 23.3 Å². The number of fused-ring (bicyclic) bond motifs is 2. The number of hydrogen-bond acceptors (Lipinski definition) is 5. The van der Waals surface area contributed by atoms with Gasteiger partial charge in [-0.05, 0) is 43.2 Å². The van der Waals surface area contributed by atoms with Crippen LogP contribution in [0.5, 0.6) is 5.75 Å². The van der Waals surface area contributed by atoms with Crippen LogP contribution in [-0.2, 0) is 18.3 Å². The van der Waals surface area contributed by atoms with Gasteiger partial charge in [-0.2, -0.15) is 5.10 Å². The molecule has 1 aliphatic heterocycles. The lowest BCUT2D eigenvalue weighted by molar-refractivity contribution is -0.139. The molecule has 4 rings (SSSR count). The van der Waals surface area contributed by atoms with Crippen molar-refractivity contribution in [2.24, 2.45) is 7.05 Å². The van der Waals surface area contributed by atoms with Gasteiger partial charge in [-0.3, -0.25) is 9.48 Å². The van der Waals surface area contributed by atoms with Crippen LogP contribution in [0.25, 0.3) is 11.0 Å². The molecular weight excluding hydrogens is 360 g/mol. The quantitative estimate of drug-likeness (QED) is 0.718. The number of aryl methyl sites for hydroxylation is 3. The number of hydrogen-bond donors (Lipinski definition) is 2. The Kier molecular flexibility index (Phi) is 4.26. The highest BCUT2D eigenvalue weighted by molar-refractivity contribution is 6.07. The zero-order valence-corrected chi connectivity index (χ0v) is 15.8. The summed E-state index contributed by atoms with van der Waals surface area (Å²) in [6.07, 6.45) is 0.725. The largest absolute Gasteiger partial charge is 0.493 e. The van der Waals surface area contributed by atoms with Gasteiger partial charge >= 0.3 is 5.97 Å². The molecule has 2 aromatic heterocycles. The average Bonchev–Trinajstić information content (AvgIpc) is 3.22. The SMILES string of the molecule is Cc1cc(C(=O)NC(C(=O)O)c2ccc3c(c2)CCO3)c2c(C)nn(C)c2n1. The third-order valence-electron chi connectivity index (χ3n) is 4.91. The molecule has 1 unspecified atom stereocenters. The highest BCUT2D eigenvalue weighted by Crippen LogP contribution is 2.29. The second-order valence-electron chi connectivity index (χ2n) is 6.93. The van der Waals surface area contributed by atoms with Crippen LogP contribution in [0, 0.1) is 13.8 Å². The number of aliphatic carboxylic acids is 1. The third kappa shape index (κ3) is 2.96. The molecule has 0 spiro atoms. The van der Waals surface area contributed by atoms with Gasteiger partial charge < -0.3 is 15.2 Å². The summed E-state index contributed by atoms with van der Waals surface area (Å²) in [6.45, 7) is 4.16. The van der Waals surface area contributed by atoms with Crippen molar-refractivity contribution in [1.29, 1.82) is 0 Å². The van der Waals surface area contributed by atoms with E-state index in [2.05, 4.69) is 15.4 Å². The summed E-state index contributed by atoms with van der Waals surface area (Å²) < 4.78 is 7.08. The molecule has 1 amide bonds. The fourth-order valence-electron chi connectivity index (χ4n) is 3.63. The van der Waals surface area contributed by atoms with Crippen molar-refractivity contribution in [2.75, 3.05) is 6.61 Å². The summed E-state index contributed by atoms with van der Waals surface area (Å²) in [5.41, 5.74) is 3.73. The number of amides is 1. The van der Waals surface area contributed by atoms with E-state index in [-0.39, 0.29) is 0 Å². The topological polar surface area (TPSA) is 106 Å². The minimum absolute atomic E-state index is 0.365. The van der Waals surface area contributed by atoms with Crippen LogP contribution in [0.4, 0.5) is 0 Å². The Morgan fingerprint density at radius 1 is 1.29 bits per heavy atom. The lowest BCUT2D eigenvalue weighted by atomic mass is 10.0. The standard InChI is InChI=1S/C20H20N4O4/c1-10-8-14(16-11(2)23-24(3)18(16)21-10)19(25)22-17(20(26)27)13-4-5-15-12(9-13)6-7-28-15/h4-5,8-9,17H,6-7H2,1-3H3,(H,22,25)(H,26,27). The van der Waals surface area contributed by atoms with Gasteiger partial charge in [0, 0.05) is 19.2 Å². The molecule has 0 bridgehead atoms. The fourth-order valence-corrected chi connectivity index (χ4v) is 3.63. The maximum atomic E-state index is 13.0. The number of nitrogens with one attached hydrogen (secondary N) is 1. The molecule has 8 heteroatoms. The van der Waals surface area contributed by atoms with Gasteiger partial charge in [-0.1, -0.05) is 6.07 Å². The van der Waals surface area contributed by atoms with E-state index in [1.807, 2.05) is 0 Å². The number of carboxylic acids is 1. The number of carbonyl (C=O) groups is 2.